The summed E-state index contributed by atoms with van der Waals surface area (Å²) < 4.78 is 40.5. The predicted molar refractivity (Wildman–Crippen MR) is 47.6 cm³/mol. The topological polar surface area (TPSA) is 47.4 Å². The van der Waals surface area contributed by atoms with Crippen molar-refractivity contribution in [3.8, 4) is 5.88 Å². The molecular formula is C7H5ClF3N3O. The van der Waals surface area contributed by atoms with E-state index in [9.17, 15) is 13.2 Å². The van der Waals surface area contributed by atoms with Crippen LogP contribution in [0, 0.1) is 0 Å². The summed E-state index contributed by atoms with van der Waals surface area (Å²) in [4.78, 5) is 3.03. The number of aromatic nitrogens is 2. The molecule has 0 atom stereocenters. The fourth-order valence-electron chi connectivity index (χ4n) is 0.645. The van der Waals surface area contributed by atoms with Crippen molar-refractivity contribution < 1.29 is 17.9 Å². The number of halogens is 4. The Morgan fingerprint density at radius 1 is 1.40 bits per heavy atom. The molecule has 0 aliphatic heterocycles. The Hall–Kier alpha value is -1.37. The van der Waals surface area contributed by atoms with Gasteiger partial charge in [-0.25, -0.2) is 4.99 Å². The number of alkyl halides is 3. The van der Waals surface area contributed by atoms with Crippen molar-refractivity contribution in [3.05, 3.63) is 12.1 Å². The van der Waals surface area contributed by atoms with E-state index in [2.05, 4.69) is 19.9 Å². The Morgan fingerprint density at radius 2 is 2.07 bits per heavy atom. The van der Waals surface area contributed by atoms with Gasteiger partial charge in [0.1, 0.15) is 0 Å². The van der Waals surface area contributed by atoms with Crippen molar-refractivity contribution >= 4 is 22.6 Å². The predicted octanol–water partition coefficient (Wildman–Crippen LogP) is 2.32. The van der Waals surface area contributed by atoms with Gasteiger partial charge in [0.25, 0.3) is 0 Å². The third-order valence-electron chi connectivity index (χ3n) is 1.28. The molecule has 0 aromatic carbocycles. The number of nitrogens with zero attached hydrogens (tertiary/aromatic N) is 3. The highest BCUT2D eigenvalue weighted by Gasteiger charge is 2.34. The van der Waals surface area contributed by atoms with Gasteiger partial charge in [0.05, 0.1) is 7.11 Å². The molecule has 0 saturated carbocycles. The van der Waals surface area contributed by atoms with Crippen LogP contribution in [0.1, 0.15) is 0 Å². The number of methoxy groups -OCH3 is 1. The Bertz CT molecular complexity index is 363. The number of rotatable bonds is 2. The second-order valence-corrected chi connectivity index (χ2v) is 2.69. The van der Waals surface area contributed by atoms with E-state index in [1.807, 2.05) is 0 Å². The smallest absolute Gasteiger partial charge is 0.444 e. The standard InChI is InChI=1S/C7H5ClF3N3O/c1-15-5-3-2-4(13-14-5)12-6(8)7(9,10)11/h2-3H,1H3. The minimum atomic E-state index is -4.68. The molecule has 0 saturated heterocycles. The molecule has 0 unspecified atom stereocenters. The minimum absolute atomic E-state index is 0.178. The molecule has 0 amide bonds. The zero-order valence-corrected chi connectivity index (χ0v) is 8.17. The van der Waals surface area contributed by atoms with Crippen LogP contribution in [0.3, 0.4) is 0 Å². The molecule has 8 heteroatoms. The fourth-order valence-corrected chi connectivity index (χ4v) is 0.732. The van der Waals surface area contributed by atoms with Crippen LogP contribution in [0.2, 0.25) is 0 Å². The molecule has 1 heterocycles. The van der Waals surface area contributed by atoms with E-state index in [0.29, 0.717) is 0 Å². The maximum Gasteiger partial charge on any atom is 0.444 e. The minimum Gasteiger partial charge on any atom is -0.480 e. The van der Waals surface area contributed by atoms with Crippen LogP contribution in [0.15, 0.2) is 17.1 Å². The second-order valence-electron chi connectivity index (χ2n) is 2.33. The summed E-state index contributed by atoms with van der Waals surface area (Å²) in [6.07, 6.45) is -4.68. The van der Waals surface area contributed by atoms with Gasteiger partial charge in [-0.05, 0) is 6.07 Å². The molecule has 0 N–H and O–H groups in total. The van der Waals surface area contributed by atoms with E-state index in [4.69, 9.17) is 11.6 Å². The van der Waals surface area contributed by atoms with E-state index in [1.54, 1.807) is 0 Å². The lowest BCUT2D eigenvalue weighted by atomic mass is 10.5. The van der Waals surface area contributed by atoms with Crippen molar-refractivity contribution in [2.75, 3.05) is 7.11 Å². The number of hydrogen-bond acceptors (Lipinski definition) is 4. The lowest BCUT2D eigenvalue weighted by Gasteiger charge is -2.02. The molecule has 0 aliphatic rings. The highest BCUT2D eigenvalue weighted by atomic mass is 35.5. The van der Waals surface area contributed by atoms with Crippen LogP contribution >= 0.6 is 11.6 Å². The molecule has 4 nitrogen and oxygen atoms in total. The third-order valence-corrected chi connectivity index (χ3v) is 1.58. The van der Waals surface area contributed by atoms with Gasteiger partial charge in [0, 0.05) is 6.07 Å². The second kappa shape index (κ2) is 4.43. The molecule has 0 aliphatic carbocycles. The molecular weight excluding hydrogens is 235 g/mol. The zero-order chi connectivity index (χ0) is 11.5. The summed E-state index contributed by atoms with van der Waals surface area (Å²) >= 11 is 4.89. The van der Waals surface area contributed by atoms with E-state index in [0.717, 1.165) is 0 Å². The Kier molecular flexibility index (Phi) is 3.46. The Morgan fingerprint density at radius 3 is 2.47 bits per heavy atom. The SMILES string of the molecule is COc1ccc(N=C(Cl)C(F)(F)F)nn1. The van der Waals surface area contributed by atoms with Crippen molar-refractivity contribution in [1.82, 2.24) is 10.2 Å². The maximum absolute atomic E-state index is 11.9. The maximum atomic E-state index is 11.9. The van der Waals surface area contributed by atoms with Crippen LogP contribution < -0.4 is 4.74 Å². The van der Waals surface area contributed by atoms with Crippen LogP contribution in [-0.4, -0.2) is 28.7 Å². The summed E-state index contributed by atoms with van der Waals surface area (Å²) in [5.74, 6) is -0.0600. The highest BCUT2D eigenvalue weighted by Crippen LogP contribution is 2.22. The average Bonchev–Trinajstić information content (AvgIpc) is 2.17. The van der Waals surface area contributed by atoms with Crippen molar-refractivity contribution in [2.45, 2.75) is 6.18 Å². The first kappa shape index (κ1) is 11.7. The summed E-state index contributed by atoms with van der Waals surface area (Å²) in [5, 5.41) is 5.28. The van der Waals surface area contributed by atoms with Crippen molar-refractivity contribution in [2.24, 2.45) is 4.99 Å². The van der Waals surface area contributed by atoms with Gasteiger partial charge >= 0.3 is 6.18 Å². The normalized spacial score (nSPS) is 12.7. The van der Waals surface area contributed by atoms with Gasteiger partial charge in [-0.15, -0.1) is 10.2 Å². The molecule has 82 valence electrons. The Balaban J connectivity index is 2.89. The zero-order valence-electron chi connectivity index (χ0n) is 7.42. The summed E-state index contributed by atoms with van der Waals surface area (Å²) in [5.41, 5.74) is 0. The van der Waals surface area contributed by atoms with Gasteiger partial charge in [-0.2, -0.15) is 13.2 Å². The first-order chi connectivity index (χ1) is 6.93. The number of aliphatic imine (C=N–C) groups is 1. The van der Waals surface area contributed by atoms with Crippen molar-refractivity contribution in [1.29, 1.82) is 0 Å². The molecule has 1 aromatic heterocycles. The first-order valence-corrected chi connectivity index (χ1v) is 4.00. The lowest BCUT2D eigenvalue weighted by Crippen LogP contribution is -2.16. The van der Waals surface area contributed by atoms with Gasteiger partial charge in [-0.3, -0.25) is 0 Å². The molecule has 0 bridgehead atoms. The van der Waals surface area contributed by atoms with Gasteiger partial charge in [-0.1, -0.05) is 11.6 Å². The molecule has 0 fully saturated rings. The monoisotopic (exact) mass is 239 g/mol. The van der Waals surface area contributed by atoms with E-state index in [-0.39, 0.29) is 11.7 Å². The van der Waals surface area contributed by atoms with E-state index in [1.165, 1.54) is 19.2 Å². The number of ether oxygens (including phenoxy) is 1. The third kappa shape index (κ3) is 3.35. The first-order valence-electron chi connectivity index (χ1n) is 3.62. The van der Waals surface area contributed by atoms with Gasteiger partial charge in [0.2, 0.25) is 11.1 Å². The van der Waals surface area contributed by atoms with Gasteiger partial charge < -0.3 is 4.74 Å². The van der Waals surface area contributed by atoms with Crippen LogP contribution in [-0.2, 0) is 0 Å². The molecule has 15 heavy (non-hydrogen) atoms. The van der Waals surface area contributed by atoms with Crippen molar-refractivity contribution in [3.63, 3.8) is 0 Å². The quantitative estimate of drug-likeness (QED) is 0.744. The highest BCUT2D eigenvalue weighted by molar-refractivity contribution is 6.67. The van der Waals surface area contributed by atoms with Crippen LogP contribution in [0.25, 0.3) is 0 Å². The summed E-state index contributed by atoms with van der Waals surface area (Å²) in [6.45, 7) is 0. The van der Waals surface area contributed by atoms with E-state index >= 15 is 0 Å². The largest absolute Gasteiger partial charge is 0.480 e. The fraction of sp³-hybridized carbons (Fsp3) is 0.286. The lowest BCUT2D eigenvalue weighted by molar-refractivity contribution is -0.0558. The van der Waals surface area contributed by atoms with Gasteiger partial charge in [0.15, 0.2) is 5.82 Å². The van der Waals surface area contributed by atoms with E-state index < -0.39 is 11.3 Å². The summed E-state index contributed by atoms with van der Waals surface area (Å²) in [6, 6.07) is 2.53. The Labute approximate surface area is 87.7 Å². The average molecular weight is 240 g/mol. The molecule has 0 spiro atoms. The molecule has 1 aromatic rings. The number of hydrogen-bond donors (Lipinski definition) is 0. The van der Waals surface area contributed by atoms with Crippen LogP contribution in [0.5, 0.6) is 5.88 Å². The van der Waals surface area contributed by atoms with Crippen LogP contribution in [0.4, 0.5) is 19.0 Å². The summed E-state index contributed by atoms with van der Waals surface area (Å²) in [7, 11) is 1.36. The molecule has 0 radical (unpaired) electrons. The molecule has 1 rings (SSSR count).